The first-order valence-electron chi connectivity index (χ1n) is 5.08. The third-order valence-corrected chi connectivity index (χ3v) is 4.13. The SMILES string of the molecule is O=C(O)c1cc(-c2ccc(Br)c(Cl)c2F)ccc1Cl. The van der Waals surface area contributed by atoms with E-state index < -0.39 is 11.8 Å². The average molecular weight is 364 g/mol. The van der Waals surface area contributed by atoms with E-state index >= 15 is 0 Å². The molecule has 6 heteroatoms. The Bertz CT molecular complexity index is 674. The molecule has 0 aromatic heterocycles. The summed E-state index contributed by atoms with van der Waals surface area (Å²) >= 11 is 14.7. The van der Waals surface area contributed by atoms with Gasteiger partial charge in [-0.1, -0.05) is 35.3 Å². The van der Waals surface area contributed by atoms with Crippen LogP contribution in [0.15, 0.2) is 34.8 Å². The molecule has 2 aromatic rings. The van der Waals surface area contributed by atoms with Crippen molar-refractivity contribution in [3.63, 3.8) is 0 Å². The normalized spacial score (nSPS) is 10.5. The zero-order chi connectivity index (χ0) is 14.2. The average Bonchev–Trinajstić information content (AvgIpc) is 2.37. The van der Waals surface area contributed by atoms with Crippen molar-refractivity contribution in [3.8, 4) is 11.1 Å². The molecule has 2 aromatic carbocycles. The molecule has 98 valence electrons. The minimum Gasteiger partial charge on any atom is -0.478 e. The molecule has 0 aliphatic heterocycles. The molecule has 2 rings (SSSR count). The lowest BCUT2D eigenvalue weighted by molar-refractivity contribution is 0.0697. The zero-order valence-electron chi connectivity index (χ0n) is 9.25. The van der Waals surface area contributed by atoms with Gasteiger partial charge in [0.05, 0.1) is 15.6 Å². The van der Waals surface area contributed by atoms with Gasteiger partial charge in [-0.15, -0.1) is 0 Å². The van der Waals surface area contributed by atoms with E-state index in [9.17, 15) is 9.18 Å². The predicted molar refractivity (Wildman–Crippen MR) is 76.5 cm³/mol. The third kappa shape index (κ3) is 2.76. The van der Waals surface area contributed by atoms with Crippen molar-refractivity contribution >= 4 is 45.1 Å². The fourth-order valence-corrected chi connectivity index (χ4v) is 2.27. The van der Waals surface area contributed by atoms with Crippen LogP contribution in [0.4, 0.5) is 4.39 Å². The summed E-state index contributed by atoms with van der Waals surface area (Å²) in [5.41, 5.74) is 0.527. The summed E-state index contributed by atoms with van der Waals surface area (Å²) in [6.07, 6.45) is 0. The van der Waals surface area contributed by atoms with Gasteiger partial charge in [-0.25, -0.2) is 9.18 Å². The maximum atomic E-state index is 14.0. The Morgan fingerprint density at radius 3 is 2.53 bits per heavy atom. The van der Waals surface area contributed by atoms with Crippen LogP contribution in [-0.2, 0) is 0 Å². The second-order valence-electron chi connectivity index (χ2n) is 3.72. The van der Waals surface area contributed by atoms with Crippen molar-refractivity contribution in [3.05, 3.63) is 56.2 Å². The molecule has 0 fully saturated rings. The molecule has 19 heavy (non-hydrogen) atoms. The fourth-order valence-electron chi connectivity index (χ4n) is 1.61. The number of carbonyl (C=O) groups is 1. The highest BCUT2D eigenvalue weighted by molar-refractivity contribution is 9.10. The van der Waals surface area contributed by atoms with Crippen LogP contribution >= 0.6 is 39.1 Å². The number of hydrogen-bond donors (Lipinski definition) is 1. The van der Waals surface area contributed by atoms with Gasteiger partial charge < -0.3 is 5.11 Å². The summed E-state index contributed by atoms with van der Waals surface area (Å²) in [5.74, 6) is -1.79. The summed E-state index contributed by atoms with van der Waals surface area (Å²) in [7, 11) is 0. The quantitative estimate of drug-likeness (QED) is 0.739. The van der Waals surface area contributed by atoms with Gasteiger partial charge in [0, 0.05) is 10.0 Å². The third-order valence-electron chi connectivity index (χ3n) is 2.54. The molecule has 0 aliphatic rings. The van der Waals surface area contributed by atoms with Crippen LogP contribution < -0.4 is 0 Å². The highest BCUT2D eigenvalue weighted by atomic mass is 79.9. The number of carboxylic acid groups (broad SMARTS) is 1. The van der Waals surface area contributed by atoms with Crippen molar-refractivity contribution in [1.29, 1.82) is 0 Å². The Balaban J connectivity index is 2.63. The maximum Gasteiger partial charge on any atom is 0.337 e. The molecule has 2 nitrogen and oxygen atoms in total. The molecule has 0 radical (unpaired) electrons. The van der Waals surface area contributed by atoms with Crippen molar-refractivity contribution in [1.82, 2.24) is 0 Å². The van der Waals surface area contributed by atoms with Crippen molar-refractivity contribution in [2.45, 2.75) is 0 Å². The molecule has 1 N–H and O–H groups in total. The van der Waals surface area contributed by atoms with Gasteiger partial charge in [-0.05, 0) is 39.7 Å². The van der Waals surface area contributed by atoms with Crippen molar-refractivity contribution in [2.75, 3.05) is 0 Å². The van der Waals surface area contributed by atoms with E-state index in [0.29, 0.717) is 10.0 Å². The fraction of sp³-hybridized carbons (Fsp3) is 0. The van der Waals surface area contributed by atoms with E-state index in [-0.39, 0.29) is 21.2 Å². The van der Waals surface area contributed by atoms with Crippen LogP contribution in [0.3, 0.4) is 0 Å². The summed E-state index contributed by atoms with van der Waals surface area (Å²) in [6.45, 7) is 0. The van der Waals surface area contributed by atoms with Crippen molar-refractivity contribution in [2.24, 2.45) is 0 Å². The first kappa shape index (κ1) is 14.3. The molecular formula is C13H6BrCl2FO2. The number of aromatic carboxylic acids is 1. The topological polar surface area (TPSA) is 37.3 Å². The largest absolute Gasteiger partial charge is 0.478 e. The van der Waals surface area contributed by atoms with Gasteiger partial charge in [-0.2, -0.15) is 0 Å². The minimum absolute atomic E-state index is 0.0516. The predicted octanol–water partition coefficient (Wildman–Crippen LogP) is 5.26. The molecule has 0 heterocycles. The zero-order valence-corrected chi connectivity index (χ0v) is 12.4. The molecule has 0 saturated carbocycles. The molecule has 0 aliphatic carbocycles. The van der Waals surface area contributed by atoms with E-state index in [2.05, 4.69) is 15.9 Å². The van der Waals surface area contributed by atoms with E-state index in [1.54, 1.807) is 6.07 Å². The van der Waals surface area contributed by atoms with Gasteiger partial charge >= 0.3 is 5.97 Å². The summed E-state index contributed by atoms with van der Waals surface area (Å²) < 4.78 is 14.5. The van der Waals surface area contributed by atoms with Gasteiger partial charge in [0.15, 0.2) is 5.82 Å². The van der Waals surface area contributed by atoms with Crippen LogP contribution in [0.1, 0.15) is 10.4 Å². The monoisotopic (exact) mass is 362 g/mol. The number of halogens is 4. The van der Waals surface area contributed by atoms with Crippen LogP contribution in [0.5, 0.6) is 0 Å². The number of rotatable bonds is 2. The summed E-state index contributed by atoms with van der Waals surface area (Å²) in [6, 6.07) is 7.37. The Morgan fingerprint density at radius 2 is 1.89 bits per heavy atom. The second-order valence-corrected chi connectivity index (χ2v) is 5.36. The van der Waals surface area contributed by atoms with E-state index in [0.717, 1.165) is 0 Å². The number of hydrogen-bond acceptors (Lipinski definition) is 1. The number of carboxylic acids is 1. The maximum absolute atomic E-state index is 14.0. The van der Waals surface area contributed by atoms with E-state index in [1.165, 1.54) is 24.3 Å². The Hall–Kier alpha value is -1.10. The van der Waals surface area contributed by atoms with Crippen LogP contribution in [0, 0.1) is 5.82 Å². The molecule has 0 amide bonds. The van der Waals surface area contributed by atoms with Crippen LogP contribution in [-0.4, -0.2) is 11.1 Å². The smallest absolute Gasteiger partial charge is 0.337 e. The molecule has 0 unspecified atom stereocenters. The highest BCUT2D eigenvalue weighted by Crippen LogP contribution is 2.34. The number of benzene rings is 2. The van der Waals surface area contributed by atoms with Gasteiger partial charge in [0.1, 0.15) is 0 Å². The van der Waals surface area contributed by atoms with E-state index in [4.69, 9.17) is 28.3 Å². The second kappa shape index (κ2) is 5.49. The Labute approximate surface area is 126 Å². The van der Waals surface area contributed by atoms with Gasteiger partial charge in [0.25, 0.3) is 0 Å². The molecule has 0 atom stereocenters. The lowest BCUT2D eigenvalue weighted by Crippen LogP contribution is -1.98. The standard InChI is InChI=1S/C13H6BrCl2FO2/c14-9-3-2-7(12(17)11(9)16)6-1-4-10(15)8(5-6)13(18)19/h1-5H,(H,18,19). The first-order valence-corrected chi connectivity index (χ1v) is 6.63. The van der Waals surface area contributed by atoms with Crippen molar-refractivity contribution < 1.29 is 14.3 Å². The van der Waals surface area contributed by atoms with Crippen LogP contribution in [0.25, 0.3) is 11.1 Å². The summed E-state index contributed by atoms with van der Waals surface area (Å²) in [4.78, 5) is 11.0. The lowest BCUT2D eigenvalue weighted by Gasteiger charge is -2.08. The Kier molecular flexibility index (Phi) is 4.13. The molecule has 0 saturated heterocycles. The van der Waals surface area contributed by atoms with Crippen LogP contribution in [0.2, 0.25) is 10.0 Å². The van der Waals surface area contributed by atoms with Gasteiger partial charge in [0.2, 0.25) is 0 Å². The Morgan fingerprint density at radius 1 is 1.21 bits per heavy atom. The summed E-state index contributed by atoms with van der Waals surface area (Å²) in [5, 5.41) is 9.04. The van der Waals surface area contributed by atoms with Gasteiger partial charge in [-0.3, -0.25) is 0 Å². The minimum atomic E-state index is -1.17. The molecule has 0 spiro atoms. The lowest BCUT2D eigenvalue weighted by atomic mass is 10.0. The van der Waals surface area contributed by atoms with E-state index in [1.807, 2.05) is 0 Å². The highest BCUT2D eigenvalue weighted by Gasteiger charge is 2.15. The molecule has 0 bridgehead atoms. The first-order chi connectivity index (χ1) is 8.91. The molecular weight excluding hydrogens is 358 g/mol.